The summed E-state index contributed by atoms with van der Waals surface area (Å²) >= 11 is 0. The van der Waals surface area contributed by atoms with Gasteiger partial charge in [-0.3, -0.25) is 9.48 Å². The van der Waals surface area contributed by atoms with E-state index < -0.39 is 24.8 Å². The Morgan fingerprint density at radius 2 is 2.07 bits per heavy atom. The highest BCUT2D eigenvalue weighted by Gasteiger charge is 2.32. The number of rotatable bonds is 7. The fourth-order valence-electron chi connectivity index (χ4n) is 3.40. The molecule has 0 aliphatic carbocycles. The van der Waals surface area contributed by atoms with Crippen molar-refractivity contribution in [3.63, 3.8) is 0 Å². The lowest BCUT2D eigenvalue weighted by Crippen LogP contribution is -2.24. The Labute approximate surface area is 170 Å². The molecule has 0 radical (unpaired) electrons. The Morgan fingerprint density at radius 1 is 1.23 bits per heavy atom. The fraction of sp³-hybridized carbons (Fsp3) is 0.286. The minimum atomic E-state index is -2.67. The third kappa shape index (κ3) is 3.87. The highest BCUT2D eigenvalue weighted by Crippen LogP contribution is 2.31. The van der Waals surface area contributed by atoms with E-state index in [-0.39, 0.29) is 24.5 Å². The van der Waals surface area contributed by atoms with Crippen LogP contribution in [0.3, 0.4) is 0 Å². The van der Waals surface area contributed by atoms with Gasteiger partial charge in [-0.2, -0.15) is 5.10 Å². The van der Waals surface area contributed by atoms with Crippen LogP contribution in [0, 0.1) is 5.82 Å². The number of fused-ring (bicyclic) bond motifs is 1. The van der Waals surface area contributed by atoms with Gasteiger partial charge in [0.1, 0.15) is 11.4 Å². The zero-order chi connectivity index (χ0) is 21.3. The molecule has 0 spiro atoms. The van der Waals surface area contributed by atoms with E-state index in [0.29, 0.717) is 16.7 Å². The zero-order valence-corrected chi connectivity index (χ0v) is 16.2. The van der Waals surface area contributed by atoms with E-state index in [2.05, 4.69) is 10.1 Å². The van der Waals surface area contributed by atoms with Crippen molar-refractivity contribution in [2.24, 2.45) is 0 Å². The first-order chi connectivity index (χ1) is 14.5. The average molecular weight is 416 g/mol. The summed E-state index contributed by atoms with van der Waals surface area (Å²) in [5, 5.41) is 4.19. The smallest absolute Gasteiger partial charge is 0.272 e. The molecule has 3 heterocycles. The maximum atomic E-state index is 14.7. The molecule has 30 heavy (non-hydrogen) atoms. The van der Waals surface area contributed by atoms with Crippen molar-refractivity contribution in [2.75, 3.05) is 6.61 Å². The number of halogens is 3. The lowest BCUT2D eigenvalue weighted by molar-refractivity contribution is 0.0718. The standard InChI is InChI=1S/C21H19F3N4O2/c1-2-28-11-16(8-26-28)13-3-4-14(17(22)7-13)9-27-10-15-5-6-25-20(19(15)21(27)29)30-12-18(23)24/h3-8,11,18H,2,9-10,12H2,1H3. The summed E-state index contributed by atoms with van der Waals surface area (Å²) in [4.78, 5) is 18.1. The fourth-order valence-corrected chi connectivity index (χ4v) is 3.40. The molecule has 0 bridgehead atoms. The van der Waals surface area contributed by atoms with Gasteiger partial charge in [0.15, 0.2) is 6.61 Å². The topological polar surface area (TPSA) is 60.2 Å². The van der Waals surface area contributed by atoms with E-state index in [1.54, 1.807) is 29.1 Å². The van der Waals surface area contributed by atoms with Gasteiger partial charge in [-0.25, -0.2) is 18.2 Å². The van der Waals surface area contributed by atoms with Gasteiger partial charge in [0.05, 0.1) is 6.20 Å². The summed E-state index contributed by atoms with van der Waals surface area (Å²) in [7, 11) is 0. The van der Waals surface area contributed by atoms with Crippen molar-refractivity contribution in [1.29, 1.82) is 0 Å². The Morgan fingerprint density at radius 3 is 2.77 bits per heavy atom. The Kier molecular flexibility index (Phi) is 5.43. The Bertz CT molecular complexity index is 1080. The van der Waals surface area contributed by atoms with Gasteiger partial charge >= 0.3 is 0 Å². The van der Waals surface area contributed by atoms with E-state index in [1.807, 2.05) is 13.1 Å². The predicted molar refractivity (Wildman–Crippen MR) is 103 cm³/mol. The molecule has 6 nitrogen and oxygen atoms in total. The molecule has 1 aliphatic rings. The molecule has 0 unspecified atom stereocenters. The first-order valence-corrected chi connectivity index (χ1v) is 9.45. The molecule has 0 N–H and O–H groups in total. The third-order valence-corrected chi connectivity index (χ3v) is 4.92. The Balaban J connectivity index is 1.52. The molecule has 0 saturated heterocycles. The summed E-state index contributed by atoms with van der Waals surface area (Å²) in [6, 6.07) is 6.46. The number of carbonyl (C=O) groups is 1. The average Bonchev–Trinajstić information content (AvgIpc) is 3.33. The molecule has 9 heteroatoms. The van der Waals surface area contributed by atoms with Crippen molar-refractivity contribution < 1.29 is 22.7 Å². The number of amides is 1. The number of hydrogen-bond acceptors (Lipinski definition) is 4. The van der Waals surface area contributed by atoms with Crippen LogP contribution in [0.1, 0.15) is 28.4 Å². The third-order valence-electron chi connectivity index (χ3n) is 4.92. The number of pyridine rings is 1. The maximum absolute atomic E-state index is 14.7. The Hall–Kier alpha value is -3.36. The number of alkyl halides is 2. The molecule has 1 amide bonds. The number of carbonyl (C=O) groups excluding carboxylic acids is 1. The van der Waals surface area contributed by atoms with Gasteiger partial charge in [-0.1, -0.05) is 12.1 Å². The normalized spacial score (nSPS) is 13.2. The van der Waals surface area contributed by atoms with E-state index in [0.717, 1.165) is 12.1 Å². The minimum Gasteiger partial charge on any atom is -0.471 e. The van der Waals surface area contributed by atoms with E-state index in [1.165, 1.54) is 17.2 Å². The van der Waals surface area contributed by atoms with Crippen LogP contribution in [0.15, 0.2) is 42.9 Å². The summed E-state index contributed by atoms with van der Waals surface area (Å²) in [6.07, 6.45) is 2.24. The van der Waals surface area contributed by atoms with Crippen LogP contribution >= 0.6 is 0 Å². The van der Waals surface area contributed by atoms with Crippen LogP contribution in [-0.2, 0) is 19.6 Å². The number of aromatic nitrogens is 3. The van der Waals surface area contributed by atoms with E-state index in [9.17, 15) is 18.0 Å². The van der Waals surface area contributed by atoms with E-state index in [4.69, 9.17) is 4.74 Å². The molecule has 0 saturated carbocycles. The van der Waals surface area contributed by atoms with Gasteiger partial charge in [-0.15, -0.1) is 0 Å². The van der Waals surface area contributed by atoms with E-state index >= 15 is 0 Å². The van der Waals surface area contributed by atoms with Crippen LogP contribution in [0.4, 0.5) is 13.2 Å². The number of aryl methyl sites for hydroxylation is 1. The van der Waals surface area contributed by atoms with Gasteiger partial charge in [-0.05, 0) is 30.2 Å². The first-order valence-electron chi connectivity index (χ1n) is 9.45. The summed E-state index contributed by atoms with van der Waals surface area (Å²) < 4.78 is 46.4. The van der Waals surface area contributed by atoms with Crippen molar-refractivity contribution in [3.8, 4) is 17.0 Å². The van der Waals surface area contributed by atoms with Crippen LogP contribution in [-0.4, -0.2) is 38.6 Å². The molecule has 4 rings (SSSR count). The maximum Gasteiger partial charge on any atom is 0.272 e. The molecule has 0 atom stereocenters. The van der Waals surface area contributed by atoms with Crippen LogP contribution in [0.25, 0.3) is 11.1 Å². The molecule has 156 valence electrons. The molecule has 3 aromatic rings. The van der Waals surface area contributed by atoms with Gasteiger partial charge < -0.3 is 9.64 Å². The number of ether oxygens (including phenoxy) is 1. The quantitative estimate of drug-likeness (QED) is 0.586. The molecule has 1 aromatic carbocycles. The minimum absolute atomic E-state index is 0.0438. The summed E-state index contributed by atoms with van der Waals surface area (Å²) in [6.45, 7) is 2.11. The first kappa shape index (κ1) is 19.9. The van der Waals surface area contributed by atoms with Crippen molar-refractivity contribution in [2.45, 2.75) is 33.0 Å². The molecule has 0 fully saturated rings. The van der Waals surface area contributed by atoms with Crippen molar-refractivity contribution in [1.82, 2.24) is 19.7 Å². The highest BCUT2D eigenvalue weighted by atomic mass is 19.3. The lowest BCUT2D eigenvalue weighted by atomic mass is 10.1. The number of benzene rings is 1. The second-order valence-corrected chi connectivity index (χ2v) is 6.90. The number of nitrogens with zero attached hydrogens (tertiary/aromatic N) is 4. The predicted octanol–water partition coefficient (Wildman–Crippen LogP) is 3.90. The zero-order valence-electron chi connectivity index (χ0n) is 16.2. The molecule has 1 aliphatic heterocycles. The monoisotopic (exact) mass is 416 g/mol. The summed E-state index contributed by atoms with van der Waals surface area (Å²) in [5.74, 6) is -0.980. The molecular formula is C21H19F3N4O2. The lowest BCUT2D eigenvalue weighted by Gasteiger charge is -2.16. The van der Waals surface area contributed by atoms with Crippen LogP contribution in [0.2, 0.25) is 0 Å². The second-order valence-electron chi connectivity index (χ2n) is 6.90. The van der Waals surface area contributed by atoms with Gasteiger partial charge in [0.2, 0.25) is 5.88 Å². The molecule has 2 aromatic heterocycles. The second kappa shape index (κ2) is 8.17. The molecular weight excluding hydrogens is 397 g/mol. The van der Waals surface area contributed by atoms with Crippen molar-refractivity contribution >= 4 is 5.91 Å². The SMILES string of the molecule is CCn1cc(-c2ccc(CN3Cc4ccnc(OCC(F)F)c4C3=O)c(F)c2)cn1. The van der Waals surface area contributed by atoms with Crippen LogP contribution < -0.4 is 4.74 Å². The largest absolute Gasteiger partial charge is 0.471 e. The van der Waals surface area contributed by atoms with Gasteiger partial charge in [0.25, 0.3) is 12.3 Å². The van der Waals surface area contributed by atoms with Gasteiger partial charge in [0, 0.05) is 43.2 Å². The number of hydrogen-bond donors (Lipinski definition) is 0. The van der Waals surface area contributed by atoms with Crippen LogP contribution in [0.5, 0.6) is 5.88 Å². The van der Waals surface area contributed by atoms with Crippen molar-refractivity contribution in [3.05, 3.63) is 65.4 Å². The summed E-state index contributed by atoms with van der Waals surface area (Å²) in [5.41, 5.74) is 2.62. The highest BCUT2D eigenvalue weighted by molar-refractivity contribution is 6.00.